The van der Waals surface area contributed by atoms with Crippen LogP contribution in [-0.4, -0.2) is 22.8 Å². The minimum Gasteiger partial charge on any atom is -0.508 e. The number of alkyl halides is 3. The molecule has 0 aliphatic carbocycles. The summed E-state index contributed by atoms with van der Waals surface area (Å²) in [5.41, 5.74) is 1.35. The molecular formula is C28H23F3O5. The number of rotatable bonds is 8. The molecule has 0 unspecified atom stereocenters. The normalized spacial score (nSPS) is 11.4. The van der Waals surface area contributed by atoms with Gasteiger partial charge in [0.1, 0.15) is 28.6 Å². The molecule has 0 aromatic heterocycles. The zero-order valence-corrected chi connectivity index (χ0v) is 19.3. The molecule has 0 aliphatic heterocycles. The lowest BCUT2D eigenvalue weighted by Crippen LogP contribution is -2.10. The highest BCUT2D eigenvalue weighted by Crippen LogP contribution is 2.45. The van der Waals surface area contributed by atoms with Crippen LogP contribution in [0.1, 0.15) is 24.0 Å². The second-order valence-corrected chi connectivity index (χ2v) is 8.27. The minimum absolute atomic E-state index is 0.0441. The van der Waals surface area contributed by atoms with Crippen LogP contribution in [0.5, 0.6) is 23.0 Å². The van der Waals surface area contributed by atoms with Crippen molar-refractivity contribution in [2.45, 2.75) is 25.9 Å². The molecule has 5 nitrogen and oxygen atoms in total. The van der Waals surface area contributed by atoms with Gasteiger partial charge in [-0.25, -0.2) is 0 Å². The third kappa shape index (κ3) is 5.54. The van der Waals surface area contributed by atoms with Crippen molar-refractivity contribution in [1.29, 1.82) is 0 Å². The van der Waals surface area contributed by atoms with E-state index < -0.39 is 23.5 Å². The zero-order chi connectivity index (χ0) is 25.9. The molecule has 0 fully saturated rings. The van der Waals surface area contributed by atoms with Gasteiger partial charge in [-0.15, -0.1) is 0 Å². The Labute approximate surface area is 205 Å². The van der Waals surface area contributed by atoms with E-state index in [9.17, 15) is 23.1 Å². The molecule has 0 amide bonds. The highest BCUT2D eigenvalue weighted by molar-refractivity contribution is 5.97. The summed E-state index contributed by atoms with van der Waals surface area (Å²) in [5.74, 6) is -1.07. The highest BCUT2D eigenvalue weighted by atomic mass is 19.4. The molecule has 186 valence electrons. The third-order valence-corrected chi connectivity index (χ3v) is 5.60. The Kier molecular flexibility index (Phi) is 7.05. The fourth-order valence-corrected chi connectivity index (χ4v) is 4.01. The Morgan fingerprint density at radius 1 is 0.972 bits per heavy atom. The maximum atomic E-state index is 13.9. The van der Waals surface area contributed by atoms with Crippen LogP contribution in [0.2, 0.25) is 0 Å². The van der Waals surface area contributed by atoms with E-state index in [2.05, 4.69) is 0 Å². The van der Waals surface area contributed by atoms with Crippen molar-refractivity contribution >= 4 is 16.7 Å². The van der Waals surface area contributed by atoms with Gasteiger partial charge in [-0.3, -0.25) is 4.79 Å². The predicted molar refractivity (Wildman–Crippen MR) is 130 cm³/mol. The Bertz CT molecular complexity index is 1400. The molecule has 8 heteroatoms. The number of carboxylic acid groups (broad SMARTS) is 1. The number of carboxylic acids is 1. The van der Waals surface area contributed by atoms with Crippen molar-refractivity contribution in [3.63, 3.8) is 0 Å². The number of carbonyl (C=O) groups is 1. The van der Waals surface area contributed by atoms with Crippen molar-refractivity contribution in [2.24, 2.45) is 0 Å². The molecule has 0 aliphatic rings. The van der Waals surface area contributed by atoms with Crippen molar-refractivity contribution < 1.29 is 37.7 Å². The van der Waals surface area contributed by atoms with Gasteiger partial charge in [0, 0.05) is 17.4 Å². The maximum Gasteiger partial charge on any atom is 0.420 e. The summed E-state index contributed by atoms with van der Waals surface area (Å²) in [6.07, 6.45) is -4.85. The average molecular weight is 496 g/mol. The Morgan fingerprint density at radius 2 is 1.72 bits per heavy atom. The van der Waals surface area contributed by atoms with Gasteiger partial charge in [-0.2, -0.15) is 13.2 Å². The molecule has 0 saturated carbocycles. The summed E-state index contributed by atoms with van der Waals surface area (Å²) in [6, 6.07) is 19.4. The number of aromatic hydroxyl groups is 1. The number of halogens is 3. The van der Waals surface area contributed by atoms with Gasteiger partial charge in [-0.05, 0) is 66.3 Å². The van der Waals surface area contributed by atoms with Crippen molar-refractivity contribution in [3.05, 3.63) is 83.9 Å². The smallest absolute Gasteiger partial charge is 0.420 e. The number of aliphatic carboxylic acids is 1. The van der Waals surface area contributed by atoms with Gasteiger partial charge in [0.15, 0.2) is 0 Å². The molecule has 4 aromatic rings. The molecule has 0 bridgehead atoms. The van der Waals surface area contributed by atoms with Crippen LogP contribution in [-0.2, 0) is 11.0 Å². The van der Waals surface area contributed by atoms with Crippen molar-refractivity contribution in [2.75, 3.05) is 6.61 Å². The first kappa shape index (κ1) is 24.9. The first-order valence-corrected chi connectivity index (χ1v) is 11.2. The Hall–Kier alpha value is -4.20. The van der Waals surface area contributed by atoms with E-state index in [1.54, 1.807) is 12.1 Å². The number of aryl methyl sites for hydroxylation is 1. The van der Waals surface area contributed by atoms with E-state index in [4.69, 9.17) is 14.6 Å². The van der Waals surface area contributed by atoms with Crippen LogP contribution in [0, 0.1) is 6.92 Å². The SMILES string of the molecule is Cc1cc2cc(O)ccc2c(Oc2ccc(OCCCC(=O)O)c(C(F)(F)F)c2)c1-c1ccccc1. The van der Waals surface area contributed by atoms with Crippen molar-refractivity contribution in [1.82, 2.24) is 0 Å². The minimum atomic E-state index is -4.72. The quantitative estimate of drug-likeness (QED) is 0.246. The average Bonchev–Trinajstić information content (AvgIpc) is 2.82. The van der Waals surface area contributed by atoms with E-state index in [0.29, 0.717) is 16.5 Å². The molecule has 4 aromatic carbocycles. The van der Waals surface area contributed by atoms with Gasteiger partial charge < -0.3 is 19.7 Å². The number of phenols is 1. The monoisotopic (exact) mass is 496 g/mol. The van der Waals surface area contributed by atoms with Gasteiger partial charge >= 0.3 is 12.1 Å². The molecule has 36 heavy (non-hydrogen) atoms. The number of benzene rings is 4. The van der Waals surface area contributed by atoms with Crippen LogP contribution in [0.25, 0.3) is 21.9 Å². The third-order valence-electron chi connectivity index (χ3n) is 5.60. The molecule has 0 atom stereocenters. The summed E-state index contributed by atoms with van der Waals surface area (Å²) in [5, 5.41) is 20.0. The maximum absolute atomic E-state index is 13.9. The van der Waals surface area contributed by atoms with Gasteiger partial charge in [0.2, 0.25) is 0 Å². The molecule has 0 saturated heterocycles. The van der Waals surface area contributed by atoms with Crippen LogP contribution >= 0.6 is 0 Å². The van der Waals surface area contributed by atoms with Crippen molar-refractivity contribution in [3.8, 4) is 34.1 Å². The van der Waals surface area contributed by atoms with Crippen LogP contribution in [0.3, 0.4) is 0 Å². The Morgan fingerprint density at radius 3 is 2.42 bits per heavy atom. The van der Waals surface area contributed by atoms with Gasteiger partial charge in [0.25, 0.3) is 0 Å². The molecular weight excluding hydrogens is 473 g/mol. The number of fused-ring (bicyclic) bond motifs is 1. The van der Waals surface area contributed by atoms with E-state index in [1.807, 2.05) is 43.3 Å². The molecule has 0 spiro atoms. The summed E-state index contributed by atoms with van der Waals surface area (Å²) >= 11 is 0. The second kappa shape index (κ2) is 10.2. The van der Waals surface area contributed by atoms with Crippen LogP contribution in [0.4, 0.5) is 13.2 Å². The van der Waals surface area contributed by atoms with E-state index in [-0.39, 0.29) is 30.9 Å². The van der Waals surface area contributed by atoms with E-state index >= 15 is 0 Å². The first-order chi connectivity index (χ1) is 17.1. The topological polar surface area (TPSA) is 76.0 Å². The standard InChI is InChI=1S/C28H23F3O5/c1-17-14-19-15-20(32)9-11-22(19)27(26(17)18-6-3-2-4-7-18)36-21-10-12-24(23(16-21)28(29,30)31)35-13-5-8-25(33)34/h2-4,6-7,9-12,14-16,32H,5,8,13H2,1H3,(H,33,34). The fraction of sp³-hybridized carbons (Fsp3) is 0.179. The second-order valence-electron chi connectivity index (χ2n) is 8.27. The number of hydrogen-bond acceptors (Lipinski definition) is 4. The highest BCUT2D eigenvalue weighted by Gasteiger charge is 2.35. The van der Waals surface area contributed by atoms with E-state index in [1.165, 1.54) is 18.2 Å². The Balaban J connectivity index is 1.78. The van der Waals surface area contributed by atoms with Crippen LogP contribution in [0.15, 0.2) is 72.8 Å². The number of hydrogen-bond donors (Lipinski definition) is 2. The lowest BCUT2D eigenvalue weighted by Gasteiger charge is -2.19. The summed E-state index contributed by atoms with van der Waals surface area (Å²) < 4.78 is 52.9. The molecule has 4 rings (SSSR count). The van der Waals surface area contributed by atoms with E-state index in [0.717, 1.165) is 22.8 Å². The lowest BCUT2D eigenvalue weighted by atomic mass is 9.94. The van der Waals surface area contributed by atoms with Gasteiger partial charge in [-0.1, -0.05) is 36.4 Å². The molecule has 0 heterocycles. The van der Waals surface area contributed by atoms with Crippen LogP contribution < -0.4 is 9.47 Å². The summed E-state index contributed by atoms with van der Waals surface area (Å²) in [4.78, 5) is 10.7. The fourth-order valence-electron chi connectivity index (χ4n) is 4.01. The summed E-state index contributed by atoms with van der Waals surface area (Å²) in [7, 11) is 0. The first-order valence-electron chi connectivity index (χ1n) is 11.2. The lowest BCUT2D eigenvalue weighted by molar-refractivity contribution is -0.140. The number of ether oxygens (including phenoxy) is 2. The van der Waals surface area contributed by atoms with Gasteiger partial charge in [0.05, 0.1) is 6.61 Å². The largest absolute Gasteiger partial charge is 0.508 e. The zero-order valence-electron chi connectivity index (χ0n) is 19.3. The predicted octanol–water partition coefficient (Wildman–Crippen LogP) is 7.58. The summed E-state index contributed by atoms with van der Waals surface area (Å²) in [6.45, 7) is 1.70. The number of phenolic OH excluding ortho intramolecular Hbond substituents is 1. The molecule has 2 N–H and O–H groups in total. The molecule has 0 radical (unpaired) electrons.